The predicted octanol–water partition coefficient (Wildman–Crippen LogP) is 2.20. The summed E-state index contributed by atoms with van der Waals surface area (Å²) >= 11 is 10.4. The van der Waals surface area contributed by atoms with Crippen LogP contribution in [0, 0.1) is 0 Å². The van der Waals surface area contributed by atoms with E-state index in [4.69, 9.17) is 25.5 Å². The number of hydrogen-bond acceptors (Lipinski definition) is 5. The Bertz CT molecular complexity index is 167. The molecule has 0 heterocycles. The third kappa shape index (κ3) is 5.69. The van der Waals surface area contributed by atoms with Gasteiger partial charge in [0.2, 0.25) is 0 Å². The van der Waals surface area contributed by atoms with Gasteiger partial charge in [-0.1, -0.05) is 12.2 Å². The maximum Gasteiger partial charge on any atom is 0.500 e. The normalized spacial score (nSPS) is 11.7. The van der Waals surface area contributed by atoms with E-state index < -0.39 is 8.80 Å². The number of hydrogen-bond donors (Lipinski definition) is 1. The molecule has 0 aromatic rings. The monoisotopic (exact) mass is 272 g/mol. The van der Waals surface area contributed by atoms with Crippen molar-refractivity contribution in [3.8, 4) is 0 Å². The lowest BCUT2D eigenvalue weighted by Gasteiger charge is -2.23. The molecule has 14 heavy (non-hydrogen) atoms. The smallest absolute Gasteiger partial charge is 0.377 e. The molecule has 0 fully saturated rings. The quantitative estimate of drug-likeness (QED) is 0.332. The Morgan fingerprint density at radius 1 is 1.29 bits per heavy atom. The molecule has 0 aliphatic heterocycles. The summed E-state index contributed by atoms with van der Waals surface area (Å²) in [5.74, 6) is 0.924. The van der Waals surface area contributed by atoms with E-state index in [-0.39, 0.29) is 0 Å². The fourth-order valence-corrected chi connectivity index (χ4v) is 3.97. The second kappa shape index (κ2) is 8.09. The van der Waals surface area contributed by atoms with Gasteiger partial charge in [-0.25, -0.2) is 0 Å². The van der Waals surface area contributed by atoms with E-state index in [9.17, 15) is 0 Å². The molecule has 0 atom stereocenters. The van der Waals surface area contributed by atoms with Gasteiger partial charge in [-0.15, -0.1) is 24.4 Å². The van der Waals surface area contributed by atoms with E-state index in [0.717, 1.165) is 18.2 Å². The fourth-order valence-electron chi connectivity index (χ4n) is 1.00. The average molecular weight is 272 g/mol. The van der Waals surface area contributed by atoms with E-state index in [1.165, 1.54) is 0 Å². The second-order valence-electron chi connectivity index (χ2n) is 2.51. The molecule has 7 heteroatoms. The Kier molecular flexibility index (Phi) is 8.60. The van der Waals surface area contributed by atoms with Crippen LogP contribution in [0.5, 0.6) is 0 Å². The Morgan fingerprint density at radius 3 is 2.14 bits per heavy atom. The lowest BCUT2D eigenvalue weighted by molar-refractivity contribution is 0.123. The molecular weight excluding hydrogens is 256 g/mol. The molecule has 0 aliphatic rings. The van der Waals surface area contributed by atoms with Crippen LogP contribution in [0.3, 0.4) is 0 Å². The highest BCUT2D eigenvalue weighted by molar-refractivity contribution is 8.41. The number of thiol groups is 1. The molecule has 3 nitrogen and oxygen atoms in total. The maximum atomic E-state index is 5.28. The Hall–Kier alpha value is 0.887. The lowest BCUT2D eigenvalue weighted by atomic mass is 10.6. The van der Waals surface area contributed by atoms with Gasteiger partial charge in [0.25, 0.3) is 0 Å². The summed E-state index contributed by atoms with van der Waals surface area (Å²) in [6.45, 7) is 0. The number of thioether (sulfide) groups is 1. The molecular formula is C7H16O3S3Si. The molecule has 0 bridgehead atoms. The van der Waals surface area contributed by atoms with Crippen LogP contribution in [-0.2, 0) is 13.3 Å². The largest absolute Gasteiger partial charge is 0.500 e. The van der Waals surface area contributed by atoms with Gasteiger partial charge in [-0.05, 0) is 12.2 Å². The highest BCUT2D eigenvalue weighted by Gasteiger charge is 2.36. The van der Waals surface area contributed by atoms with E-state index >= 15 is 0 Å². The third-order valence-corrected chi connectivity index (χ3v) is 6.10. The van der Waals surface area contributed by atoms with Gasteiger partial charge in [-0.3, -0.25) is 0 Å². The van der Waals surface area contributed by atoms with Gasteiger partial charge < -0.3 is 13.3 Å². The number of rotatable bonds is 7. The van der Waals surface area contributed by atoms with Crippen molar-refractivity contribution in [2.24, 2.45) is 0 Å². The van der Waals surface area contributed by atoms with E-state index in [0.29, 0.717) is 3.53 Å². The molecule has 0 aromatic carbocycles. The predicted molar refractivity (Wildman–Crippen MR) is 70.2 cm³/mol. The highest BCUT2D eigenvalue weighted by Crippen LogP contribution is 2.18. The van der Waals surface area contributed by atoms with Crippen molar-refractivity contribution in [3.05, 3.63) is 0 Å². The molecule has 0 radical (unpaired) electrons. The van der Waals surface area contributed by atoms with Crippen LogP contribution in [0.15, 0.2) is 0 Å². The minimum absolute atomic E-state index is 0.671. The summed E-state index contributed by atoms with van der Waals surface area (Å²) in [5, 5.41) is 0. The first-order valence-corrected chi connectivity index (χ1v) is 7.88. The van der Waals surface area contributed by atoms with Crippen LogP contribution in [0.4, 0.5) is 0 Å². The number of thiocarbonyl (C=S) groups is 1. The zero-order valence-electron chi connectivity index (χ0n) is 8.61. The zero-order valence-corrected chi connectivity index (χ0v) is 12.1. The molecule has 0 N–H and O–H groups in total. The second-order valence-corrected chi connectivity index (χ2v) is 8.43. The molecule has 0 saturated carbocycles. The molecule has 0 saturated heterocycles. The summed E-state index contributed by atoms with van der Waals surface area (Å²) in [7, 11) is 2.49. The standard InChI is InChI=1S/C7H16O3S3Si/c1-8-14(9-2,10-3)6-4-5-13-7(11)12/h4-6H2,1-3H3,(H,11,12). The van der Waals surface area contributed by atoms with Crippen molar-refractivity contribution in [3.63, 3.8) is 0 Å². The summed E-state index contributed by atoms with van der Waals surface area (Å²) in [4.78, 5) is 0. The summed E-state index contributed by atoms with van der Waals surface area (Å²) in [5.41, 5.74) is 0. The van der Waals surface area contributed by atoms with Crippen LogP contribution < -0.4 is 0 Å². The van der Waals surface area contributed by atoms with Crippen molar-refractivity contribution in [2.45, 2.75) is 12.5 Å². The van der Waals surface area contributed by atoms with Gasteiger partial charge in [0.15, 0.2) is 0 Å². The van der Waals surface area contributed by atoms with Gasteiger partial charge >= 0.3 is 8.80 Å². The van der Waals surface area contributed by atoms with Crippen LogP contribution in [0.25, 0.3) is 0 Å². The Morgan fingerprint density at radius 2 is 1.79 bits per heavy atom. The first-order valence-electron chi connectivity index (χ1n) is 4.11. The molecule has 84 valence electrons. The minimum atomic E-state index is -2.37. The zero-order chi connectivity index (χ0) is 11.0. The van der Waals surface area contributed by atoms with Crippen LogP contribution in [0.2, 0.25) is 6.04 Å². The average Bonchev–Trinajstić information content (AvgIpc) is 2.19. The van der Waals surface area contributed by atoms with Crippen LogP contribution in [-0.4, -0.2) is 39.4 Å². The van der Waals surface area contributed by atoms with Gasteiger partial charge in [0.1, 0.15) is 3.53 Å². The summed E-state index contributed by atoms with van der Waals surface area (Å²) in [6, 6.07) is 0.805. The van der Waals surface area contributed by atoms with Crippen molar-refractivity contribution in [1.29, 1.82) is 0 Å². The molecule has 0 amide bonds. The molecule has 0 rings (SSSR count). The van der Waals surface area contributed by atoms with Gasteiger partial charge in [0, 0.05) is 27.4 Å². The minimum Gasteiger partial charge on any atom is -0.377 e. The third-order valence-electron chi connectivity index (χ3n) is 1.79. The lowest BCUT2D eigenvalue weighted by Crippen LogP contribution is -2.42. The Balaban J connectivity index is 3.77. The summed E-state index contributed by atoms with van der Waals surface area (Å²) < 4.78 is 16.5. The molecule has 0 spiro atoms. The fraction of sp³-hybridized carbons (Fsp3) is 0.857. The first-order chi connectivity index (χ1) is 6.60. The first kappa shape index (κ1) is 14.9. The maximum absolute atomic E-state index is 5.28. The van der Waals surface area contributed by atoms with Gasteiger partial charge in [0.05, 0.1) is 0 Å². The summed E-state index contributed by atoms with van der Waals surface area (Å²) in [6.07, 6.45) is 0.951. The van der Waals surface area contributed by atoms with Crippen LogP contribution in [0.1, 0.15) is 6.42 Å². The molecule has 0 aliphatic carbocycles. The van der Waals surface area contributed by atoms with E-state index in [1.54, 1.807) is 33.1 Å². The Labute approximate surface area is 102 Å². The van der Waals surface area contributed by atoms with E-state index in [2.05, 4.69) is 12.6 Å². The highest BCUT2D eigenvalue weighted by atomic mass is 32.2. The molecule has 0 aromatic heterocycles. The van der Waals surface area contributed by atoms with Crippen molar-refractivity contribution < 1.29 is 13.3 Å². The van der Waals surface area contributed by atoms with Crippen molar-refractivity contribution >= 4 is 48.9 Å². The van der Waals surface area contributed by atoms with Crippen molar-refractivity contribution in [1.82, 2.24) is 0 Å². The topological polar surface area (TPSA) is 27.7 Å². The van der Waals surface area contributed by atoms with E-state index in [1.807, 2.05) is 0 Å². The SMILES string of the molecule is CO[Si](CCCSC(=S)S)(OC)OC. The van der Waals surface area contributed by atoms with Crippen LogP contribution >= 0.6 is 36.6 Å². The van der Waals surface area contributed by atoms with Gasteiger partial charge in [-0.2, -0.15) is 0 Å². The molecule has 0 unspecified atom stereocenters. The van der Waals surface area contributed by atoms with Crippen molar-refractivity contribution in [2.75, 3.05) is 27.1 Å².